The highest BCUT2D eigenvalue weighted by atomic mass is 32.2. The average Bonchev–Trinajstić information content (AvgIpc) is 2.96. The van der Waals surface area contributed by atoms with Gasteiger partial charge >= 0.3 is 0 Å². The predicted molar refractivity (Wildman–Crippen MR) is 104 cm³/mol. The molecule has 1 aromatic rings. The molecule has 26 heavy (non-hydrogen) atoms. The van der Waals surface area contributed by atoms with Crippen molar-refractivity contribution in [2.24, 2.45) is 5.92 Å². The Hall–Kier alpha value is -0.920. The Labute approximate surface area is 158 Å². The molecule has 0 spiro atoms. The molecular weight excluding hydrogens is 350 g/mol. The molecule has 150 valence electrons. The minimum Gasteiger partial charge on any atom is -0.377 e. The Morgan fingerprint density at radius 2 is 2.04 bits per heavy atom. The zero-order valence-corrected chi connectivity index (χ0v) is 17.8. The van der Waals surface area contributed by atoms with Crippen molar-refractivity contribution in [3.8, 4) is 0 Å². The molecule has 2 rings (SSSR count). The van der Waals surface area contributed by atoms with Crippen molar-refractivity contribution in [3.63, 3.8) is 0 Å². The van der Waals surface area contributed by atoms with Crippen LogP contribution in [-0.4, -0.2) is 54.4 Å². The highest BCUT2D eigenvalue weighted by molar-refractivity contribution is 7.91. The van der Waals surface area contributed by atoms with E-state index >= 15 is 0 Å². The van der Waals surface area contributed by atoms with Gasteiger partial charge in [-0.05, 0) is 52.5 Å². The molecule has 6 nitrogen and oxygen atoms in total. The van der Waals surface area contributed by atoms with Crippen LogP contribution in [0, 0.1) is 5.92 Å². The van der Waals surface area contributed by atoms with Crippen LogP contribution in [0.3, 0.4) is 0 Å². The zero-order valence-electron chi connectivity index (χ0n) is 16.9. The van der Waals surface area contributed by atoms with Crippen molar-refractivity contribution in [3.05, 3.63) is 11.9 Å². The number of hydrogen-bond donors (Lipinski definition) is 0. The van der Waals surface area contributed by atoms with Gasteiger partial charge < -0.3 is 9.30 Å². The third-order valence-electron chi connectivity index (χ3n) is 4.93. The van der Waals surface area contributed by atoms with E-state index in [1.54, 1.807) is 20.0 Å². The van der Waals surface area contributed by atoms with Crippen LogP contribution in [0.15, 0.2) is 11.4 Å². The summed E-state index contributed by atoms with van der Waals surface area (Å²) in [5.74, 6) is 0.508. The molecular formula is C19H35N3O3S. The van der Waals surface area contributed by atoms with Crippen molar-refractivity contribution in [1.82, 2.24) is 14.5 Å². The average molecular weight is 386 g/mol. The van der Waals surface area contributed by atoms with E-state index in [1.165, 1.54) is 6.42 Å². The molecule has 1 aliphatic rings. The van der Waals surface area contributed by atoms with Gasteiger partial charge in [0, 0.05) is 26.2 Å². The molecule has 0 bridgehead atoms. The third kappa shape index (κ3) is 5.54. The lowest BCUT2D eigenvalue weighted by Gasteiger charge is -2.27. The van der Waals surface area contributed by atoms with E-state index in [-0.39, 0.29) is 11.3 Å². The summed E-state index contributed by atoms with van der Waals surface area (Å²) in [7, 11) is -1.33. The van der Waals surface area contributed by atoms with Gasteiger partial charge in [-0.25, -0.2) is 13.4 Å². The van der Waals surface area contributed by atoms with E-state index in [2.05, 4.69) is 30.8 Å². The zero-order chi connectivity index (χ0) is 19.3. The molecule has 2 heterocycles. The third-order valence-corrected chi connectivity index (χ3v) is 7.00. The van der Waals surface area contributed by atoms with Crippen molar-refractivity contribution in [1.29, 1.82) is 0 Å². The van der Waals surface area contributed by atoms with E-state index in [1.807, 2.05) is 4.57 Å². The molecule has 7 heteroatoms. The SMILES string of the molecule is CC(C)CCn1c(CN(C)C[C@H]2CCCCO2)cnc1S(=O)(=O)C(C)C. The van der Waals surface area contributed by atoms with Crippen molar-refractivity contribution in [2.45, 2.75) is 83.0 Å². The number of nitrogens with zero attached hydrogens (tertiary/aromatic N) is 3. The number of hydrogen-bond acceptors (Lipinski definition) is 5. The van der Waals surface area contributed by atoms with E-state index < -0.39 is 15.1 Å². The molecule has 1 atom stereocenters. The topological polar surface area (TPSA) is 64.4 Å². The van der Waals surface area contributed by atoms with Crippen LogP contribution in [-0.2, 0) is 27.7 Å². The van der Waals surface area contributed by atoms with Gasteiger partial charge in [-0.15, -0.1) is 0 Å². The van der Waals surface area contributed by atoms with E-state index in [9.17, 15) is 8.42 Å². The van der Waals surface area contributed by atoms with Gasteiger partial charge in [0.15, 0.2) is 0 Å². The van der Waals surface area contributed by atoms with Crippen LogP contribution in [0.5, 0.6) is 0 Å². The van der Waals surface area contributed by atoms with Crippen molar-refractivity contribution >= 4 is 9.84 Å². The molecule has 0 N–H and O–H groups in total. The highest BCUT2D eigenvalue weighted by Gasteiger charge is 2.27. The molecule has 0 saturated carbocycles. The fourth-order valence-corrected chi connectivity index (χ4v) is 4.36. The number of ether oxygens (including phenoxy) is 1. The summed E-state index contributed by atoms with van der Waals surface area (Å²) in [5.41, 5.74) is 0.961. The van der Waals surface area contributed by atoms with Crippen LogP contribution in [0.4, 0.5) is 0 Å². The van der Waals surface area contributed by atoms with Gasteiger partial charge in [-0.3, -0.25) is 4.90 Å². The lowest BCUT2D eigenvalue weighted by molar-refractivity contribution is -0.00291. The molecule has 1 aromatic heterocycles. The van der Waals surface area contributed by atoms with E-state index in [0.717, 1.165) is 38.1 Å². The number of imidazole rings is 1. The lowest BCUT2D eigenvalue weighted by Crippen LogP contribution is -2.33. The summed E-state index contributed by atoms with van der Waals surface area (Å²) in [5, 5.41) is -0.255. The normalized spacial score (nSPS) is 19.0. The van der Waals surface area contributed by atoms with Gasteiger partial charge in [0.1, 0.15) is 0 Å². The van der Waals surface area contributed by atoms with Crippen LogP contribution in [0.2, 0.25) is 0 Å². The van der Waals surface area contributed by atoms with Gasteiger partial charge in [0.05, 0.1) is 23.2 Å². The molecule has 0 radical (unpaired) electrons. The quantitative estimate of drug-likeness (QED) is 0.653. The number of aromatic nitrogens is 2. The van der Waals surface area contributed by atoms with Crippen LogP contribution >= 0.6 is 0 Å². The number of rotatable bonds is 9. The van der Waals surface area contributed by atoms with Crippen molar-refractivity contribution < 1.29 is 13.2 Å². The second-order valence-corrected chi connectivity index (χ2v) is 10.5. The van der Waals surface area contributed by atoms with Gasteiger partial charge in [-0.1, -0.05) is 13.8 Å². The van der Waals surface area contributed by atoms with E-state index in [0.29, 0.717) is 19.0 Å². The minimum absolute atomic E-state index is 0.213. The van der Waals surface area contributed by atoms with Crippen LogP contribution < -0.4 is 0 Å². The molecule has 0 unspecified atom stereocenters. The molecule has 0 aliphatic carbocycles. The Kier molecular flexibility index (Phi) is 7.67. The largest absolute Gasteiger partial charge is 0.377 e. The van der Waals surface area contributed by atoms with E-state index in [4.69, 9.17) is 4.74 Å². The fraction of sp³-hybridized carbons (Fsp3) is 0.842. The summed E-state index contributed by atoms with van der Waals surface area (Å²) in [6, 6.07) is 0. The molecule has 1 aliphatic heterocycles. The Bertz CT molecular complexity index is 662. The fourth-order valence-electron chi connectivity index (χ4n) is 3.22. The Balaban J connectivity index is 2.16. The Morgan fingerprint density at radius 1 is 1.31 bits per heavy atom. The lowest BCUT2D eigenvalue weighted by atomic mass is 10.1. The maximum atomic E-state index is 12.7. The first-order valence-electron chi connectivity index (χ1n) is 9.80. The number of sulfone groups is 1. The van der Waals surface area contributed by atoms with Crippen molar-refractivity contribution in [2.75, 3.05) is 20.2 Å². The summed E-state index contributed by atoms with van der Waals surface area (Å²) in [4.78, 5) is 6.52. The first-order valence-corrected chi connectivity index (χ1v) is 11.3. The molecule has 0 amide bonds. The summed E-state index contributed by atoms with van der Waals surface area (Å²) in [6.07, 6.45) is 6.41. The second kappa shape index (κ2) is 9.33. The first kappa shape index (κ1) is 21.4. The van der Waals surface area contributed by atoms with Gasteiger partial charge in [-0.2, -0.15) is 0 Å². The minimum atomic E-state index is -3.39. The van der Waals surface area contributed by atoms with Gasteiger partial charge in [0.2, 0.25) is 15.0 Å². The van der Waals surface area contributed by atoms with Crippen LogP contribution in [0.1, 0.15) is 59.1 Å². The monoisotopic (exact) mass is 385 g/mol. The standard InChI is InChI=1S/C19H35N3O3S/c1-15(2)9-10-22-17(12-20-19(22)26(23,24)16(3)4)13-21(5)14-18-8-6-7-11-25-18/h12,15-16,18H,6-11,13-14H2,1-5H3/t18-/m1/s1. The molecule has 0 aromatic carbocycles. The summed E-state index contributed by atoms with van der Waals surface area (Å²) < 4.78 is 33.1. The van der Waals surface area contributed by atoms with Gasteiger partial charge in [0.25, 0.3) is 0 Å². The Morgan fingerprint density at radius 3 is 2.62 bits per heavy atom. The smallest absolute Gasteiger partial charge is 0.228 e. The molecule has 1 saturated heterocycles. The highest BCUT2D eigenvalue weighted by Crippen LogP contribution is 2.20. The summed E-state index contributed by atoms with van der Waals surface area (Å²) >= 11 is 0. The predicted octanol–water partition coefficient (Wildman–Crippen LogP) is 3.11. The first-order chi connectivity index (χ1) is 12.2. The maximum absolute atomic E-state index is 12.7. The second-order valence-electron chi connectivity index (χ2n) is 8.15. The molecule has 1 fully saturated rings. The summed E-state index contributed by atoms with van der Waals surface area (Å²) in [6.45, 7) is 10.8. The number of likely N-dealkylation sites (N-methyl/N-ethyl adjacent to an activating group) is 1. The maximum Gasteiger partial charge on any atom is 0.228 e. The van der Waals surface area contributed by atoms with Crippen LogP contribution in [0.25, 0.3) is 0 Å².